The average molecular weight is 403 g/mol. The maximum absolute atomic E-state index is 12.1. The van der Waals surface area contributed by atoms with Crippen LogP contribution in [0.4, 0.5) is 11.4 Å². The minimum atomic E-state index is -0.0508. The SMILES string of the molecule is CC=NC(=N)c1cccc(Nc2cc(Cl)ncc2C(=O)CC)c1OC.CCC. The number of hydrogen-bond acceptors (Lipinski definition) is 5. The summed E-state index contributed by atoms with van der Waals surface area (Å²) >= 11 is 5.98. The van der Waals surface area contributed by atoms with Gasteiger partial charge in [-0.2, -0.15) is 0 Å². The molecule has 28 heavy (non-hydrogen) atoms. The van der Waals surface area contributed by atoms with Gasteiger partial charge in [0.25, 0.3) is 0 Å². The molecular formula is C21H27ClN4O2. The fourth-order valence-electron chi connectivity index (χ4n) is 2.33. The van der Waals surface area contributed by atoms with Crippen LogP contribution in [-0.4, -0.2) is 29.9 Å². The molecule has 0 atom stereocenters. The van der Waals surface area contributed by atoms with Crippen LogP contribution in [0.5, 0.6) is 5.75 Å². The lowest BCUT2D eigenvalue weighted by molar-refractivity contribution is 0.0988. The molecule has 0 saturated carbocycles. The smallest absolute Gasteiger partial charge is 0.166 e. The predicted octanol–water partition coefficient (Wildman–Crippen LogP) is 5.91. The molecule has 6 nitrogen and oxygen atoms in total. The summed E-state index contributed by atoms with van der Waals surface area (Å²) in [6, 6.07) is 6.91. The van der Waals surface area contributed by atoms with Gasteiger partial charge in [0.15, 0.2) is 17.4 Å². The Kier molecular flexibility index (Phi) is 9.88. The third-order valence-electron chi connectivity index (χ3n) is 3.49. The number of aliphatic imine (C=N–C) groups is 1. The minimum absolute atomic E-state index is 0.0508. The molecule has 0 bridgehead atoms. The largest absolute Gasteiger partial charge is 0.494 e. The zero-order valence-electron chi connectivity index (χ0n) is 17.0. The van der Waals surface area contributed by atoms with Crippen molar-refractivity contribution in [1.82, 2.24) is 4.98 Å². The molecular weight excluding hydrogens is 376 g/mol. The first-order valence-electron chi connectivity index (χ1n) is 9.13. The van der Waals surface area contributed by atoms with Crippen LogP contribution in [0.25, 0.3) is 0 Å². The quantitative estimate of drug-likeness (QED) is 0.272. The molecule has 2 rings (SSSR count). The van der Waals surface area contributed by atoms with Crippen LogP contribution in [0.2, 0.25) is 5.15 Å². The second-order valence-corrected chi connectivity index (χ2v) is 6.17. The maximum Gasteiger partial charge on any atom is 0.166 e. The molecule has 2 N–H and O–H groups in total. The number of hydrogen-bond donors (Lipinski definition) is 2. The first-order chi connectivity index (χ1) is 13.4. The average Bonchev–Trinajstić information content (AvgIpc) is 2.68. The second kappa shape index (κ2) is 11.9. The van der Waals surface area contributed by atoms with E-state index in [0.29, 0.717) is 34.7 Å². The number of halogens is 1. The number of para-hydroxylation sites is 1. The first-order valence-corrected chi connectivity index (χ1v) is 9.51. The fraction of sp³-hybridized carbons (Fsp3) is 0.333. The number of benzene rings is 1. The normalized spacial score (nSPS) is 10.2. The highest BCUT2D eigenvalue weighted by Gasteiger charge is 2.16. The van der Waals surface area contributed by atoms with Crippen LogP contribution in [0.1, 0.15) is 56.5 Å². The molecule has 0 spiro atoms. The number of ether oxygens (including phenoxy) is 1. The summed E-state index contributed by atoms with van der Waals surface area (Å²) in [4.78, 5) is 20.1. The van der Waals surface area contributed by atoms with Crippen molar-refractivity contribution in [2.75, 3.05) is 12.4 Å². The van der Waals surface area contributed by atoms with Crippen molar-refractivity contribution in [1.29, 1.82) is 5.41 Å². The molecule has 0 aliphatic carbocycles. The van der Waals surface area contributed by atoms with Gasteiger partial charge in [-0.15, -0.1) is 0 Å². The van der Waals surface area contributed by atoms with Gasteiger partial charge in [-0.05, 0) is 25.1 Å². The number of carbonyl (C=O) groups is 1. The highest BCUT2D eigenvalue weighted by molar-refractivity contribution is 6.29. The van der Waals surface area contributed by atoms with Crippen molar-refractivity contribution in [2.24, 2.45) is 4.99 Å². The molecule has 1 heterocycles. The molecule has 0 amide bonds. The fourth-order valence-corrected chi connectivity index (χ4v) is 2.49. The Morgan fingerprint density at radius 3 is 2.54 bits per heavy atom. The van der Waals surface area contributed by atoms with Gasteiger partial charge < -0.3 is 10.1 Å². The van der Waals surface area contributed by atoms with Crippen molar-refractivity contribution in [3.8, 4) is 5.75 Å². The molecule has 0 aliphatic heterocycles. The lowest BCUT2D eigenvalue weighted by Gasteiger charge is -2.16. The summed E-state index contributed by atoms with van der Waals surface area (Å²) < 4.78 is 5.46. The summed E-state index contributed by atoms with van der Waals surface area (Å²) in [5.41, 5.74) is 2.12. The maximum atomic E-state index is 12.1. The lowest BCUT2D eigenvalue weighted by atomic mass is 10.1. The molecule has 2 aromatic rings. The molecule has 0 fully saturated rings. The number of carbonyl (C=O) groups excluding carboxylic acids is 1. The van der Waals surface area contributed by atoms with Crippen molar-refractivity contribution < 1.29 is 9.53 Å². The highest BCUT2D eigenvalue weighted by atomic mass is 35.5. The Hall–Kier alpha value is -2.73. The van der Waals surface area contributed by atoms with Gasteiger partial charge in [0.1, 0.15) is 5.15 Å². The number of nitrogens with zero attached hydrogens (tertiary/aromatic N) is 2. The third kappa shape index (κ3) is 6.16. The van der Waals surface area contributed by atoms with Gasteiger partial charge in [0, 0.05) is 18.8 Å². The first kappa shape index (κ1) is 23.3. The van der Waals surface area contributed by atoms with E-state index >= 15 is 0 Å². The Labute approximate surface area is 171 Å². The number of Topliss-reactive ketones (excluding diaryl/α,β-unsaturated/α-hetero) is 1. The van der Waals surface area contributed by atoms with Crippen LogP contribution in [0.3, 0.4) is 0 Å². The summed E-state index contributed by atoms with van der Waals surface area (Å²) in [5, 5.41) is 11.5. The molecule has 0 radical (unpaired) electrons. The van der Waals surface area contributed by atoms with E-state index in [-0.39, 0.29) is 16.8 Å². The number of pyridine rings is 1. The number of ketones is 1. The summed E-state index contributed by atoms with van der Waals surface area (Å²) in [5.74, 6) is 0.492. The van der Waals surface area contributed by atoms with E-state index in [1.54, 1.807) is 44.3 Å². The van der Waals surface area contributed by atoms with E-state index in [0.717, 1.165) is 0 Å². The summed E-state index contributed by atoms with van der Waals surface area (Å²) in [7, 11) is 1.52. The van der Waals surface area contributed by atoms with Crippen LogP contribution in [0, 0.1) is 5.41 Å². The molecule has 0 aliphatic rings. The van der Waals surface area contributed by atoms with Crippen LogP contribution >= 0.6 is 11.6 Å². The van der Waals surface area contributed by atoms with Crippen molar-refractivity contribution >= 4 is 40.8 Å². The van der Waals surface area contributed by atoms with Gasteiger partial charge in [0.05, 0.1) is 29.6 Å². The number of nitrogens with one attached hydrogen (secondary N) is 2. The highest BCUT2D eigenvalue weighted by Crippen LogP contribution is 2.33. The topological polar surface area (TPSA) is 87.4 Å². The van der Waals surface area contributed by atoms with E-state index in [1.165, 1.54) is 19.7 Å². The van der Waals surface area contributed by atoms with E-state index in [1.807, 2.05) is 0 Å². The van der Waals surface area contributed by atoms with Gasteiger partial charge in [-0.25, -0.2) is 9.98 Å². The Morgan fingerprint density at radius 2 is 1.96 bits per heavy atom. The number of aromatic nitrogens is 1. The van der Waals surface area contributed by atoms with E-state index in [2.05, 4.69) is 29.1 Å². The van der Waals surface area contributed by atoms with E-state index in [9.17, 15) is 4.79 Å². The van der Waals surface area contributed by atoms with Crippen molar-refractivity contribution in [3.63, 3.8) is 0 Å². The Bertz CT molecular complexity index is 850. The van der Waals surface area contributed by atoms with Crippen LogP contribution in [0.15, 0.2) is 35.5 Å². The predicted molar refractivity (Wildman–Crippen MR) is 117 cm³/mol. The standard InChI is InChI=1S/C18H19ClN4O2.C3H8/c1-4-15(24)12-10-22-16(19)9-14(12)23-13-8-6-7-11(17(13)25-3)18(20)21-5-2;1-3-2/h5-10,20H,4H2,1-3H3,(H,22,23);3H2,1-2H3. The van der Waals surface area contributed by atoms with Gasteiger partial charge in [0.2, 0.25) is 0 Å². The molecule has 7 heteroatoms. The monoisotopic (exact) mass is 402 g/mol. The molecule has 0 unspecified atom stereocenters. The Morgan fingerprint density at radius 1 is 1.29 bits per heavy atom. The molecule has 1 aromatic carbocycles. The summed E-state index contributed by atoms with van der Waals surface area (Å²) in [6.07, 6.45) is 4.60. The number of amidine groups is 1. The Balaban J connectivity index is 0.00000122. The lowest BCUT2D eigenvalue weighted by Crippen LogP contribution is -2.06. The number of methoxy groups -OCH3 is 1. The minimum Gasteiger partial charge on any atom is -0.494 e. The molecule has 150 valence electrons. The number of anilines is 2. The second-order valence-electron chi connectivity index (χ2n) is 5.78. The van der Waals surface area contributed by atoms with Gasteiger partial charge >= 0.3 is 0 Å². The molecule has 1 aromatic heterocycles. The van der Waals surface area contributed by atoms with E-state index in [4.69, 9.17) is 21.7 Å². The van der Waals surface area contributed by atoms with Gasteiger partial charge in [-0.1, -0.05) is 44.9 Å². The zero-order valence-corrected chi connectivity index (χ0v) is 17.7. The van der Waals surface area contributed by atoms with Crippen LogP contribution in [-0.2, 0) is 0 Å². The third-order valence-corrected chi connectivity index (χ3v) is 3.70. The number of rotatable bonds is 6. The van der Waals surface area contributed by atoms with Gasteiger partial charge in [-0.3, -0.25) is 10.2 Å². The van der Waals surface area contributed by atoms with Crippen molar-refractivity contribution in [2.45, 2.75) is 40.5 Å². The molecule has 0 saturated heterocycles. The summed E-state index contributed by atoms with van der Waals surface area (Å²) in [6.45, 7) is 7.77. The van der Waals surface area contributed by atoms with Crippen molar-refractivity contribution in [3.05, 3.63) is 46.7 Å². The zero-order chi connectivity index (χ0) is 21.1. The van der Waals surface area contributed by atoms with Crippen LogP contribution < -0.4 is 10.1 Å². The van der Waals surface area contributed by atoms with E-state index < -0.39 is 0 Å².